The standard InChI is InChI=1S/C15H13N3S/c1-2-4-12(5-3-1)15(14-8-11-17-19-14)18-13-6-9-16-10-7-13/h1-11,15H,(H,16,18). The molecule has 0 saturated heterocycles. The van der Waals surface area contributed by atoms with Crippen molar-refractivity contribution in [3.63, 3.8) is 0 Å². The number of rotatable bonds is 4. The fourth-order valence-electron chi connectivity index (χ4n) is 1.95. The van der Waals surface area contributed by atoms with E-state index in [1.165, 1.54) is 22.0 Å². The highest BCUT2D eigenvalue weighted by molar-refractivity contribution is 7.05. The van der Waals surface area contributed by atoms with Gasteiger partial charge in [0.15, 0.2) is 0 Å². The maximum atomic E-state index is 4.20. The Morgan fingerprint density at radius 2 is 1.68 bits per heavy atom. The molecule has 0 aliphatic rings. The van der Waals surface area contributed by atoms with Gasteiger partial charge in [0.2, 0.25) is 0 Å². The minimum Gasteiger partial charge on any atom is -0.373 e. The van der Waals surface area contributed by atoms with E-state index in [4.69, 9.17) is 0 Å². The summed E-state index contributed by atoms with van der Waals surface area (Å²) in [5.74, 6) is 0. The van der Waals surface area contributed by atoms with Gasteiger partial charge in [-0.2, -0.15) is 0 Å². The van der Waals surface area contributed by atoms with Crippen molar-refractivity contribution >= 4 is 17.2 Å². The third-order valence-corrected chi connectivity index (χ3v) is 3.68. The molecule has 1 N–H and O–H groups in total. The van der Waals surface area contributed by atoms with E-state index >= 15 is 0 Å². The second kappa shape index (κ2) is 5.63. The Hall–Kier alpha value is -2.20. The minimum atomic E-state index is 0.121. The maximum Gasteiger partial charge on any atom is 0.0876 e. The monoisotopic (exact) mass is 267 g/mol. The molecule has 3 nitrogen and oxygen atoms in total. The van der Waals surface area contributed by atoms with Crippen LogP contribution in [0.25, 0.3) is 0 Å². The van der Waals surface area contributed by atoms with Gasteiger partial charge >= 0.3 is 0 Å². The number of benzene rings is 1. The molecule has 0 saturated carbocycles. The molecule has 3 rings (SSSR count). The largest absolute Gasteiger partial charge is 0.373 e. The Labute approximate surface area is 116 Å². The summed E-state index contributed by atoms with van der Waals surface area (Å²) in [7, 11) is 0. The molecule has 94 valence electrons. The molecule has 0 amide bonds. The molecule has 1 aromatic carbocycles. The van der Waals surface area contributed by atoms with Crippen molar-refractivity contribution in [1.82, 2.24) is 9.36 Å². The summed E-state index contributed by atoms with van der Waals surface area (Å²) in [5.41, 5.74) is 2.28. The van der Waals surface area contributed by atoms with E-state index in [-0.39, 0.29) is 6.04 Å². The van der Waals surface area contributed by atoms with Crippen molar-refractivity contribution in [3.8, 4) is 0 Å². The van der Waals surface area contributed by atoms with Crippen LogP contribution in [0.5, 0.6) is 0 Å². The highest BCUT2D eigenvalue weighted by Crippen LogP contribution is 2.28. The Bertz CT molecular complexity index is 608. The first-order valence-corrected chi connectivity index (χ1v) is 6.83. The van der Waals surface area contributed by atoms with Crippen molar-refractivity contribution in [2.24, 2.45) is 0 Å². The molecule has 2 aromatic heterocycles. The van der Waals surface area contributed by atoms with Crippen LogP contribution in [0, 0.1) is 0 Å². The molecule has 2 heterocycles. The normalized spacial score (nSPS) is 12.0. The summed E-state index contributed by atoms with van der Waals surface area (Å²) in [6, 6.07) is 16.5. The summed E-state index contributed by atoms with van der Waals surface area (Å²) in [5, 5.41) is 3.53. The fourth-order valence-corrected chi connectivity index (χ4v) is 2.62. The molecule has 0 aliphatic carbocycles. The average molecular weight is 267 g/mol. The van der Waals surface area contributed by atoms with E-state index in [1.807, 2.05) is 24.4 Å². The summed E-state index contributed by atoms with van der Waals surface area (Å²) < 4.78 is 4.20. The first kappa shape index (κ1) is 11.9. The van der Waals surface area contributed by atoms with Crippen LogP contribution < -0.4 is 5.32 Å². The second-order valence-corrected chi connectivity index (χ2v) is 5.00. The summed E-state index contributed by atoms with van der Waals surface area (Å²) in [6.07, 6.45) is 5.41. The summed E-state index contributed by atoms with van der Waals surface area (Å²) in [6.45, 7) is 0. The highest BCUT2D eigenvalue weighted by atomic mass is 32.1. The lowest BCUT2D eigenvalue weighted by Crippen LogP contribution is -2.10. The van der Waals surface area contributed by atoms with Crippen molar-refractivity contribution < 1.29 is 0 Å². The van der Waals surface area contributed by atoms with Crippen LogP contribution in [0.15, 0.2) is 67.1 Å². The molecule has 0 fully saturated rings. The van der Waals surface area contributed by atoms with E-state index < -0.39 is 0 Å². The minimum absolute atomic E-state index is 0.121. The molecule has 1 atom stereocenters. The lowest BCUT2D eigenvalue weighted by atomic mass is 10.1. The zero-order chi connectivity index (χ0) is 12.9. The quantitative estimate of drug-likeness (QED) is 0.782. The van der Waals surface area contributed by atoms with Gasteiger partial charge in [-0.3, -0.25) is 4.98 Å². The Morgan fingerprint density at radius 1 is 0.895 bits per heavy atom. The van der Waals surface area contributed by atoms with Crippen LogP contribution in [0.3, 0.4) is 0 Å². The number of pyridine rings is 1. The Kier molecular flexibility index (Phi) is 3.51. The number of aromatic nitrogens is 2. The van der Waals surface area contributed by atoms with E-state index in [2.05, 4.69) is 45.0 Å². The van der Waals surface area contributed by atoms with Gasteiger partial charge in [0.25, 0.3) is 0 Å². The van der Waals surface area contributed by atoms with Crippen LogP contribution in [0.4, 0.5) is 5.69 Å². The van der Waals surface area contributed by atoms with Crippen molar-refractivity contribution in [2.45, 2.75) is 6.04 Å². The number of hydrogen-bond acceptors (Lipinski definition) is 4. The van der Waals surface area contributed by atoms with Crippen LogP contribution in [-0.4, -0.2) is 9.36 Å². The topological polar surface area (TPSA) is 37.8 Å². The molecule has 0 spiro atoms. The van der Waals surface area contributed by atoms with E-state index in [0.717, 1.165) is 5.69 Å². The van der Waals surface area contributed by atoms with Crippen LogP contribution in [-0.2, 0) is 0 Å². The lowest BCUT2D eigenvalue weighted by molar-refractivity contribution is 0.963. The van der Waals surface area contributed by atoms with Gasteiger partial charge < -0.3 is 5.32 Å². The first-order chi connectivity index (χ1) is 9.43. The van der Waals surface area contributed by atoms with Crippen LogP contribution in [0.1, 0.15) is 16.5 Å². The van der Waals surface area contributed by atoms with Crippen molar-refractivity contribution in [2.75, 3.05) is 5.32 Å². The van der Waals surface area contributed by atoms with Gasteiger partial charge in [0.05, 0.1) is 10.9 Å². The van der Waals surface area contributed by atoms with E-state index in [1.54, 1.807) is 12.4 Å². The third-order valence-electron chi connectivity index (χ3n) is 2.87. The molecule has 0 aliphatic heterocycles. The van der Waals surface area contributed by atoms with Gasteiger partial charge in [0.1, 0.15) is 0 Å². The zero-order valence-electron chi connectivity index (χ0n) is 10.2. The van der Waals surface area contributed by atoms with Gasteiger partial charge in [0, 0.05) is 24.3 Å². The molecular weight excluding hydrogens is 254 g/mol. The second-order valence-electron chi connectivity index (χ2n) is 4.14. The smallest absolute Gasteiger partial charge is 0.0876 e. The van der Waals surface area contributed by atoms with Gasteiger partial charge in [-0.1, -0.05) is 30.3 Å². The van der Waals surface area contributed by atoms with Crippen LogP contribution in [0.2, 0.25) is 0 Å². The van der Waals surface area contributed by atoms with Gasteiger partial charge in [-0.05, 0) is 35.3 Å². The summed E-state index contributed by atoms with van der Waals surface area (Å²) in [4.78, 5) is 5.24. The molecule has 4 heteroatoms. The predicted octanol–water partition coefficient (Wildman–Crippen LogP) is 3.74. The lowest BCUT2D eigenvalue weighted by Gasteiger charge is -2.18. The number of anilines is 1. The van der Waals surface area contributed by atoms with E-state index in [0.29, 0.717) is 0 Å². The molecule has 3 aromatic rings. The molecule has 1 unspecified atom stereocenters. The Balaban J connectivity index is 1.94. The average Bonchev–Trinajstić information content (AvgIpc) is 3.01. The molecule has 0 bridgehead atoms. The number of nitrogens with zero attached hydrogens (tertiary/aromatic N) is 2. The Morgan fingerprint density at radius 3 is 2.37 bits per heavy atom. The van der Waals surface area contributed by atoms with E-state index in [9.17, 15) is 0 Å². The van der Waals surface area contributed by atoms with Gasteiger partial charge in [-0.25, -0.2) is 4.37 Å². The number of nitrogens with one attached hydrogen (secondary N) is 1. The molecule has 0 radical (unpaired) electrons. The van der Waals surface area contributed by atoms with Crippen molar-refractivity contribution in [3.05, 3.63) is 77.6 Å². The first-order valence-electron chi connectivity index (χ1n) is 6.05. The number of hydrogen-bond donors (Lipinski definition) is 1. The molecular formula is C15H13N3S. The SMILES string of the molecule is c1ccc(C(Nc2ccncc2)c2ccns2)cc1. The molecule has 19 heavy (non-hydrogen) atoms. The van der Waals surface area contributed by atoms with Crippen LogP contribution >= 0.6 is 11.5 Å². The maximum absolute atomic E-state index is 4.20. The predicted molar refractivity (Wildman–Crippen MR) is 78.3 cm³/mol. The van der Waals surface area contributed by atoms with Crippen molar-refractivity contribution in [1.29, 1.82) is 0 Å². The van der Waals surface area contributed by atoms with Gasteiger partial charge in [-0.15, -0.1) is 0 Å². The zero-order valence-corrected chi connectivity index (χ0v) is 11.0. The fraction of sp³-hybridized carbons (Fsp3) is 0.0667. The summed E-state index contributed by atoms with van der Waals surface area (Å²) >= 11 is 1.52. The third kappa shape index (κ3) is 2.80. The highest BCUT2D eigenvalue weighted by Gasteiger charge is 2.15.